The Balaban J connectivity index is 2.13. The summed E-state index contributed by atoms with van der Waals surface area (Å²) in [5, 5.41) is 7.82. The van der Waals surface area contributed by atoms with Gasteiger partial charge in [-0.25, -0.2) is 0 Å². The summed E-state index contributed by atoms with van der Waals surface area (Å²) in [7, 11) is 2.14. The summed E-state index contributed by atoms with van der Waals surface area (Å²) in [6, 6.07) is 0.969. The van der Waals surface area contributed by atoms with E-state index in [1.165, 1.54) is 0 Å². The van der Waals surface area contributed by atoms with Gasteiger partial charge in [-0.1, -0.05) is 5.10 Å². The van der Waals surface area contributed by atoms with Crippen LogP contribution in [0.2, 0.25) is 0 Å². The first kappa shape index (κ1) is 12.6. The molecule has 0 N–H and O–H groups in total. The van der Waals surface area contributed by atoms with Crippen LogP contribution >= 0.6 is 11.6 Å². The van der Waals surface area contributed by atoms with Crippen molar-refractivity contribution in [3.63, 3.8) is 0 Å². The average molecular weight is 259 g/mol. The quantitative estimate of drug-likeness (QED) is 0.759. The van der Waals surface area contributed by atoms with E-state index in [4.69, 9.17) is 16.0 Å². The monoisotopic (exact) mass is 258 g/mol. The SMILES string of the molecule is CC(Cl)c1nnc(N2CCCN(C)CC2C)o1. The highest BCUT2D eigenvalue weighted by Gasteiger charge is 2.24. The maximum atomic E-state index is 5.92. The normalized spacial score (nSPS) is 24.7. The molecule has 1 fully saturated rings. The highest BCUT2D eigenvalue weighted by atomic mass is 35.5. The molecule has 0 aromatic carbocycles. The summed E-state index contributed by atoms with van der Waals surface area (Å²) in [5.41, 5.74) is 0. The summed E-state index contributed by atoms with van der Waals surface area (Å²) in [4.78, 5) is 4.49. The summed E-state index contributed by atoms with van der Waals surface area (Å²) in [6.07, 6.45) is 1.11. The van der Waals surface area contributed by atoms with E-state index in [1.807, 2.05) is 6.92 Å². The Kier molecular flexibility index (Phi) is 3.89. The van der Waals surface area contributed by atoms with Crippen molar-refractivity contribution in [1.82, 2.24) is 15.1 Å². The van der Waals surface area contributed by atoms with Gasteiger partial charge in [0.25, 0.3) is 0 Å². The first-order chi connectivity index (χ1) is 8.08. The van der Waals surface area contributed by atoms with Gasteiger partial charge in [0.05, 0.1) is 0 Å². The zero-order valence-electron chi connectivity index (χ0n) is 10.6. The standard InChI is InChI=1S/C11H19ClN4O/c1-8-7-15(3)5-4-6-16(8)11-14-13-10(17-11)9(2)12/h8-9H,4-7H2,1-3H3. The van der Waals surface area contributed by atoms with Crippen molar-refractivity contribution in [1.29, 1.82) is 0 Å². The predicted molar refractivity (Wildman–Crippen MR) is 67.5 cm³/mol. The number of anilines is 1. The lowest BCUT2D eigenvalue weighted by molar-refractivity contribution is 0.334. The molecule has 0 aliphatic carbocycles. The molecular weight excluding hydrogens is 240 g/mol. The molecule has 0 saturated carbocycles. The van der Waals surface area contributed by atoms with Gasteiger partial charge in [0.1, 0.15) is 5.38 Å². The molecule has 17 heavy (non-hydrogen) atoms. The minimum atomic E-state index is -0.235. The van der Waals surface area contributed by atoms with Crippen molar-refractivity contribution in [2.45, 2.75) is 31.7 Å². The summed E-state index contributed by atoms with van der Waals surface area (Å²) in [5.74, 6) is 0.492. The Morgan fingerprint density at radius 2 is 2.18 bits per heavy atom. The van der Waals surface area contributed by atoms with Crippen LogP contribution in [0, 0.1) is 0 Å². The van der Waals surface area contributed by atoms with Crippen molar-refractivity contribution >= 4 is 17.6 Å². The summed E-state index contributed by atoms with van der Waals surface area (Å²) < 4.78 is 5.60. The Bertz CT molecular complexity index is 368. The molecule has 2 heterocycles. The van der Waals surface area contributed by atoms with Gasteiger partial charge < -0.3 is 14.2 Å². The molecule has 1 aliphatic heterocycles. The highest BCUT2D eigenvalue weighted by molar-refractivity contribution is 6.20. The molecule has 6 heteroatoms. The second kappa shape index (κ2) is 5.23. The summed E-state index contributed by atoms with van der Waals surface area (Å²) >= 11 is 5.92. The molecule has 1 saturated heterocycles. The first-order valence-electron chi connectivity index (χ1n) is 6.00. The van der Waals surface area contributed by atoms with Crippen LogP contribution in [0.1, 0.15) is 31.5 Å². The van der Waals surface area contributed by atoms with Crippen LogP contribution in [-0.2, 0) is 0 Å². The molecular formula is C11H19ClN4O. The van der Waals surface area contributed by atoms with Crippen LogP contribution in [0.25, 0.3) is 0 Å². The van der Waals surface area contributed by atoms with Crippen LogP contribution in [0.5, 0.6) is 0 Å². The molecule has 0 radical (unpaired) electrons. The van der Waals surface area contributed by atoms with E-state index in [0.717, 1.165) is 26.1 Å². The van der Waals surface area contributed by atoms with E-state index in [-0.39, 0.29) is 5.38 Å². The van der Waals surface area contributed by atoms with Gasteiger partial charge in [-0.15, -0.1) is 16.7 Å². The topological polar surface area (TPSA) is 45.4 Å². The number of hydrogen-bond donors (Lipinski definition) is 0. The molecule has 2 unspecified atom stereocenters. The van der Waals surface area contributed by atoms with Crippen molar-refractivity contribution in [2.75, 3.05) is 31.6 Å². The van der Waals surface area contributed by atoms with E-state index < -0.39 is 0 Å². The highest BCUT2D eigenvalue weighted by Crippen LogP contribution is 2.23. The predicted octanol–water partition coefficient (Wildman–Crippen LogP) is 1.90. The van der Waals surface area contributed by atoms with Gasteiger partial charge in [0, 0.05) is 19.1 Å². The smallest absolute Gasteiger partial charge is 0.318 e. The molecule has 0 amide bonds. The van der Waals surface area contributed by atoms with E-state index in [1.54, 1.807) is 0 Å². The third-order valence-electron chi connectivity index (χ3n) is 3.06. The third kappa shape index (κ3) is 2.90. The van der Waals surface area contributed by atoms with E-state index in [2.05, 4.69) is 34.0 Å². The maximum absolute atomic E-state index is 5.92. The molecule has 5 nitrogen and oxygen atoms in total. The zero-order valence-corrected chi connectivity index (χ0v) is 11.3. The van der Waals surface area contributed by atoms with E-state index in [0.29, 0.717) is 17.9 Å². The van der Waals surface area contributed by atoms with Gasteiger partial charge in [-0.05, 0) is 33.9 Å². The molecule has 1 aromatic heterocycles. The Hall–Kier alpha value is -0.810. The van der Waals surface area contributed by atoms with Crippen LogP contribution in [0.4, 0.5) is 6.01 Å². The van der Waals surface area contributed by atoms with Crippen molar-refractivity contribution in [3.8, 4) is 0 Å². The summed E-state index contributed by atoms with van der Waals surface area (Å²) in [6.45, 7) is 7.07. The van der Waals surface area contributed by atoms with Crippen molar-refractivity contribution < 1.29 is 4.42 Å². The second-order valence-corrected chi connectivity index (χ2v) is 5.35. The molecule has 1 aliphatic rings. The van der Waals surface area contributed by atoms with E-state index >= 15 is 0 Å². The van der Waals surface area contributed by atoms with Crippen molar-refractivity contribution in [2.24, 2.45) is 0 Å². The van der Waals surface area contributed by atoms with E-state index in [9.17, 15) is 0 Å². The molecule has 1 aromatic rings. The Morgan fingerprint density at radius 3 is 2.82 bits per heavy atom. The van der Waals surface area contributed by atoms with Gasteiger partial charge >= 0.3 is 6.01 Å². The van der Waals surface area contributed by atoms with Gasteiger partial charge in [0.2, 0.25) is 5.89 Å². The molecule has 0 spiro atoms. The second-order valence-electron chi connectivity index (χ2n) is 4.70. The fourth-order valence-corrected chi connectivity index (χ4v) is 2.25. The van der Waals surface area contributed by atoms with Crippen molar-refractivity contribution in [3.05, 3.63) is 5.89 Å². The van der Waals surface area contributed by atoms with Crippen LogP contribution in [0.3, 0.4) is 0 Å². The lowest BCUT2D eigenvalue weighted by atomic mass is 10.3. The number of alkyl halides is 1. The number of halogens is 1. The number of likely N-dealkylation sites (N-methyl/N-ethyl adjacent to an activating group) is 1. The lowest BCUT2D eigenvalue weighted by Gasteiger charge is -2.25. The number of nitrogens with zero attached hydrogens (tertiary/aromatic N) is 4. The Labute approximate surface area is 107 Å². The van der Waals surface area contributed by atoms with Gasteiger partial charge in [0.15, 0.2) is 0 Å². The van der Waals surface area contributed by atoms with Crippen LogP contribution in [-0.4, -0.2) is 47.8 Å². The molecule has 2 atom stereocenters. The average Bonchev–Trinajstić information content (AvgIpc) is 2.67. The number of hydrogen-bond acceptors (Lipinski definition) is 5. The third-order valence-corrected chi connectivity index (χ3v) is 3.25. The largest absolute Gasteiger partial charge is 0.406 e. The molecule has 2 rings (SSSR count). The first-order valence-corrected chi connectivity index (χ1v) is 6.44. The fraction of sp³-hybridized carbons (Fsp3) is 0.818. The van der Waals surface area contributed by atoms with Crippen LogP contribution in [0.15, 0.2) is 4.42 Å². The van der Waals surface area contributed by atoms with Gasteiger partial charge in [-0.2, -0.15) is 0 Å². The Morgan fingerprint density at radius 1 is 1.41 bits per heavy atom. The minimum absolute atomic E-state index is 0.235. The molecule has 96 valence electrons. The fourth-order valence-electron chi connectivity index (χ4n) is 2.16. The van der Waals surface area contributed by atoms with Crippen LogP contribution < -0.4 is 4.90 Å². The zero-order chi connectivity index (χ0) is 12.4. The molecule has 0 bridgehead atoms. The number of aromatic nitrogens is 2. The number of rotatable bonds is 2. The lowest BCUT2D eigenvalue weighted by Crippen LogP contribution is -2.38. The van der Waals surface area contributed by atoms with Gasteiger partial charge in [-0.3, -0.25) is 0 Å². The minimum Gasteiger partial charge on any atom is -0.406 e. The maximum Gasteiger partial charge on any atom is 0.318 e.